The molecule has 6 rings (SSSR count). The number of aliphatic hydroxyl groups excluding tert-OH is 3. The van der Waals surface area contributed by atoms with Crippen molar-refractivity contribution in [3.63, 3.8) is 0 Å². The number of aliphatic hydroxyl groups is 3. The van der Waals surface area contributed by atoms with Crippen LogP contribution in [0.25, 0.3) is 22.2 Å². The first-order valence-corrected chi connectivity index (χ1v) is 12.2. The number of rotatable bonds is 7. The van der Waals surface area contributed by atoms with Gasteiger partial charge >= 0.3 is 0 Å². The number of carbonyl (C=O) groups excluding carboxylic acids is 1. The van der Waals surface area contributed by atoms with Gasteiger partial charge in [0.1, 0.15) is 5.69 Å². The number of ether oxygens (including phenoxy) is 2. The van der Waals surface area contributed by atoms with Crippen molar-refractivity contribution in [2.24, 2.45) is 0 Å². The van der Waals surface area contributed by atoms with Gasteiger partial charge in [0, 0.05) is 29.9 Å². The summed E-state index contributed by atoms with van der Waals surface area (Å²) >= 11 is 0. The third-order valence-corrected chi connectivity index (χ3v) is 7.53. The minimum absolute atomic E-state index is 0.0163. The zero-order chi connectivity index (χ0) is 25.0. The number of fused-ring (bicyclic) bond motifs is 6. The molecule has 3 N–H and O–H groups in total. The minimum atomic E-state index is -0.336. The van der Waals surface area contributed by atoms with E-state index in [2.05, 4.69) is 9.88 Å². The van der Waals surface area contributed by atoms with Crippen molar-refractivity contribution < 1.29 is 29.6 Å². The molecule has 2 aliphatic heterocycles. The third kappa shape index (κ3) is 3.44. The summed E-state index contributed by atoms with van der Waals surface area (Å²) in [6.07, 6.45) is 2.63. The number of carbonyl (C=O) groups is 1. The van der Waals surface area contributed by atoms with Gasteiger partial charge in [-0.3, -0.25) is 14.5 Å². The maximum atomic E-state index is 13.8. The Bertz CT molecular complexity index is 1450. The number of likely N-dealkylation sites (tertiary alicyclic amines) is 1. The smallest absolute Gasteiger partial charge is 0.260 e. The molecule has 1 atom stereocenters. The first-order chi connectivity index (χ1) is 17.5. The predicted molar refractivity (Wildman–Crippen MR) is 129 cm³/mol. The highest BCUT2D eigenvalue weighted by Crippen LogP contribution is 2.43. The number of nitrogens with zero attached hydrogens (tertiary/aromatic N) is 3. The second kappa shape index (κ2) is 8.97. The highest BCUT2D eigenvalue weighted by Gasteiger charge is 2.37. The van der Waals surface area contributed by atoms with E-state index in [0.29, 0.717) is 69.7 Å². The fourth-order valence-electron chi connectivity index (χ4n) is 5.72. The van der Waals surface area contributed by atoms with Crippen LogP contribution in [0.5, 0.6) is 11.6 Å². The van der Waals surface area contributed by atoms with Gasteiger partial charge in [0.05, 0.1) is 36.6 Å². The summed E-state index contributed by atoms with van der Waals surface area (Å²) in [6.45, 7) is 1.43. The van der Waals surface area contributed by atoms with E-state index in [9.17, 15) is 24.9 Å². The summed E-state index contributed by atoms with van der Waals surface area (Å²) in [4.78, 5) is 34.3. The van der Waals surface area contributed by atoms with Crippen LogP contribution < -0.4 is 15.0 Å². The second-order valence-corrected chi connectivity index (χ2v) is 9.45. The largest absolute Gasteiger partial charge is 0.452 e. The second-order valence-electron chi connectivity index (χ2n) is 9.45. The Hall–Kier alpha value is -3.31. The molecule has 0 bridgehead atoms. The molecule has 2 aromatic heterocycles. The lowest BCUT2D eigenvalue weighted by Crippen LogP contribution is -2.34. The predicted octanol–water partition coefficient (Wildman–Crippen LogP) is 1.17. The molecular formula is C26H27N3O7. The van der Waals surface area contributed by atoms with Crippen LogP contribution in [0.1, 0.15) is 46.3 Å². The molecule has 3 aromatic rings. The SMILES string of the molecule is O=C1c2cc3c(nc2-c2c1c1cc(CO)c(CO)cc1c(=O)n2CCCN1CCC[C@H]1CO)OCO3. The Kier molecular flexibility index (Phi) is 5.76. The fraction of sp³-hybridized carbons (Fsp3) is 0.423. The van der Waals surface area contributed by atoms with Crippen molar-refractivity contribution in [2.45, 2.75) is 45.1 Å². The molecule has 0 unspecified atom stereocenters. The molecular weight excluding hydrogens is 466 g/mol. The normalized spacial score (nSPS) is 18.3. The first-order valence-electron chi connectivity index (χ1n) is 12.2. The van der Waals surface area contributed by atoms with E-state index in [0.717, 1.165) is 19.4 Å². The summed E-state index contributed by atoms with van der Waals surface area (Å²) in [5.41, 5.74) is 2.12. The summed E-state index contributed by atoms with van der Waals surface area (Å²) in [5, 5.41) is 30.0. The van der Waals surface area contributed by atoms with Crippen molar-refractivity contribution >= 4 is 16.6 Å². The van der Waals surface area contributed by atoms with Gasteiger partial charge in [-0.2, -0.15) is 0 Å². The molecule has 1 aliphatic carbocycles. The van der Waals surface area contributed by atoms with Gasteiger partial charge in [0.25, 0.3) is 11.4 Å². The number of ketones is 1. The average molecular weight is 494 g/mol. The molecule has 10 heteroatoms. The lowest BCUT2D eigenvalue weighted by Gasteiger charge is -2.23. The van der Waals surface area contributed by atoms with Crippen LogP contribution in [0.15, 0.2) is 23.0 Å². The Labute approximate surface area is 206 Å². The maximum absolute atomic E-state index is 13.8. The van der Waals surface area contributed by atoms with E-state index in [1.54, 1.807) is 22.8 Å². The number of hydrogen-bond acceptors (Lipinski definition) is 9. The molecule has 1 aromatic carbocycles. The topological polar surface area (TPSA) is 134 Å². The van der Waals surface area contributed by atoms with Crippen molar-refractivity contribution in [2.75, 3.05) is 26.5 Å². The molecule has 3 aliphatic rings. The summed E-state index contributed by atoms with van der Waals surface area (Å²) in [7, 11) is 0. The Balaban J connectivity index is 1.52. The highest BCUT2D eigenvalue weighted by molar-refractivity contribution is 6.26. The van der Waals surface area contributed by atoms with E-state index < -0.39 is 0 Å². The zero-order valence-corrected chi connectivity index (χ0v) is 19.7. The van der Waals surface area contributed by atoms with Crippen LogP contribution in [0.4, 0.5) is 0 Å². The van der Waals surface area contributed by atoms with Crippen LogP contribution >= 0.6 is 0 Å². The van der Waals surface area contributed by atoms with Crippen molar-refractivity contribution in [1.29, 1.82) is 0 Å². The molecule has 1 saturated heterocycles. The molecule has 1 fully saturated rings. The van der Waals surface area contributed by atoms with Gasteiger partial charge in [-0.15, -0.1) is 0 Å². The van der Waals surface area contributed by atoms with Gasteiger partial charge in [-0.05, 0) is 55.1 Å². The highest BCUT2D eigenvalue weighted by atomic mass is 16.7. The number of aromatic nitrogens is 2. The minimum Gasteiger partial charge on any atom is -0.452 e. The van der Waals surface area contributed by atoms with Gasteiger partial charge in [0.15, 0.2) is 11.5 Å². The van der Waals surface area contributed by atoms with E-state index >= 15 is 0 Å². The number of benzene rings is 1. The molecule has 0 spiro atoms. The standard InChI is InChI=1S/C26H27N3O7/c30-10-14-7-17-18(8-15(14)11-31)26(34)29(6-2-5-28-4-1-3-16(28)12-32)23-21(17)24(33)19-9-20-25(27-22(19)23)36-13-35-20/h7-9,16,30-32H,1-6,10-13H2/t16-/m0/s1. The maximum Gasteiger partial charge on any atom is 0.260 e. The van der Waals surface area contributed by atoms with Crippen molar-refractivity contribution in [3.8, 4) is 23.0 Å². The van der Waals surface area contributed by atoms with Gasteiger partial charge < -0.3 is 29.4 Å². The van der Waals surface area contributed by atoms with Crippen molar-refractivity contribution in [1.82, 2.24) is 14.5 Å². The van der Waals surface area contributed by atoms with Crippen LogP contribution in [-0.4, -0.2) is 68.1 Å². The molecule has 4 heterocycles. The van der Waals surface area contributed by atoms with Gasteiger partial charge in [-0.1, -0.05) is 0 Å². The zero-order valence-electron chi connectivity index (χ0n) is 19.7. The molecule has 188 valence electrons. The molecule has 0 radical (unpaired) electrons. The Morgan fingerprint density at radius 3 is 2.53 bits per heavy atom. The number of hydrogen-bond donors (Lipinski definition) is 3. The van der Waals surface area contributed by atoms with E-state index in [4.69, 9.17) is 9.47 Å². The van der Waals surface area contributed by atoms with Crippen LogP contribution in [0.2, 0.25) is 0 Å². The van der Waals surface area contributed by atoms with Crippen LogP contribution in [0, 0.1) is 0 Å². The molecule has 36 heavy (non-hydrogen) atoms. The Morgan fingerprint density at radius 2 is 1.78 bits per heavy atom. The average Bonchev–Trinajstić information content (AvgIpc) is 3.62. The lowest BCUT2D eigenvalue weighted by molar-refractivity contribution is 0.104. The number of pyridine rings is 2. The summed E-state index contributed by atoms with van der Waals surface area (Å²) in [6, 6.07) is 4.93. The quantitative estimate of drug-likeness (QED) is 0.347. The van der Waals surface area contributed by atoms with Gasteiger partial charge in [0.2, 0.25) is 6.79 Å². The monoisotopic (exact) mass is 493 g/mol. The molecule has 0 amide bonds. The van der Waals surface area contributed by atoms with Crippen LogP contribution in [0.3, 0.4) is 0 Å². The lowest BCUT2D eigenvalue weighted by atomic mass is 9.97. The van der Waals surface area contributed by atoms with E-state index in [1.165, 1.54) is 0 Å². The van der Waals surface area contributed by atoms with Gasteiger partial charge in [-0.25, -0.2) is 4.98 Å². The van der Waals surface area contributed by atoms with Crippen LogP contribution in [-0.2, 0) is 19.8 Å². The molecule has 0 saturated carbocycles. The van der Waals surface area contributed by atoms with E-state index in [1.807, 2.05) is 0 Å². The third-order valence-electron chi connectivity index (χ3n) is 7.53. The first kappa shape index (κ1) is 23.1. The summed E-state index contributed by atoms with van der Waals surface area (Å²) < 4.78 is 12.5. The fourth-order valence-corrected chi connectivity index (χ4v) is 5.72. The van der Waals surface area contributed by atoms with Crippen molar-refractivity contribution in [3.05, 3.63) is 50.8 Å². The Morgan fingerprint density at radius 1 is 1.00 bits per heavy atom. The van der Waals surface area contributed by atoms with E-state index in [-0.39, 0.29) is 49.9 Å². The summed E-state index contributed by atoms with van der Waals surface area (Å²) in [5.74, 6) is 0.393. The molecule has 10 nitrogen and oxygen atoms in total.